The highest BCUT2D eigenvalue weighted by Crippen LogP contribution is 2.58. The van der Waals surface area contributed by atoms with Gasteiger partial charge < -0.3 is 5.11 Å². The van der Waals surface area contributed by atoms with Gasteiger partial charge in [-0.15, -0.1) is 0 Å². The Balaban J connectivity index is 2.00. The first-order valence-electron chi connectivity index (χ1n) is 7.70. The van der Waals surface area contributed by atoms with Gasteiger partial charge in [0.1, 0.15) is 0 Å². The van der Waals surface area contributed by atoms with Crippen molar-refractivity contribution in [2.45, 2.75) is 64.7 Å². The number of rotatable bonds is 2. The number of aryl methyl sites for hydroxylation is 3. The summed E-state index contributed by atoms with van der Waals surface area (Å²) in [6.07, 6.45) is 7.48. The summed E-state index contributed by atoms with van der Waals surface area (Å²) < 4.78 is 0. The molecule has 4 rings (SSSR count). The van der Waals surface area contributed by atoms with Gasteiger partial charge >= 0.3 is 0 Å². The van der Waals surface area contributed by atoms with Gasteiger partial charge in [-0.2, -0.15) is 0 Å². The molecule has 0 atom stereocenters. The van der Waals surface area contributed by atoms with Crippen molar-refractivity contribution < 1.29 is 5.11 Å². The summed E-state index contributed by atoms with van der Waals surface area (Å²) in [5.41, 5.74) is 6.66. The topological polar surface area (TPSA) is 20.2 Å². The molecule has 0 heterocycles. The number of aliphatic hydroxyl groups excluding tert-OH is 1. The van der Waals surface area contributed by atoms with Crippen LogP contribution in [0.3, 0.4) is 0 Å². The maximum Gasteiger partial charge on any atom is 0.0487 e. The van der Waals surface area contributed by atoms with E-state index in [0.29, 0.717) is 12.0 Å². The molecule has 0 unspecified atom stereocenters. The molecular formula is C18H26O. The fourth-order valence-corrected chi connectivity index (χ4v) is 4.89. The Morgan fingerprint density at radius 3 is 1.79 bits per heavy atom. The van der Waals surface area contributed by atoms with E-state index in [9.17, 15) is 5.11 Å². The lowest BCUT2D eigenvalue weighted by Gasteiger charge is -2.54. The minimum Gasteiger partial charge on any atom is -0.396 e. The molecule has 1 N–H and O–H groups in total. The molecule has 1 aromatic carbocycles. The lowest BCUT2D eigenvalue weighted by Crippen LogP contribution is -2.46. The van der Waals surface area contributed by atoms with Crippen molar-refractivity contribution in [3.05, 3.63) is 34.4 Å². The predicted octanol–water partition coefficient (Wildman–Crippen LogP) is 4.20. The normalized spacial score (nSPS) is 33.7. The van der Waals surface area contributed by atoms with Gasteiger partial charge in [0, 0.05) is 6.61 Å². The van der Waals surface area contributed by atoms with Gasteiger partial charge in [0.15, 0.2) is 0 Å². The molecule has 0 spiro atoms. The first-order chi connectivity index (χ1) is 9.00. The second kappa shape index (κ2) is 4.34. The highest BCUT2D eigenvalue weighted by Gasteiger charge is 2.49. The van der Waals surface area contributed by atoms with Crippen molar-refractivity contribution in [1.29, 1.82) is 0 Å². The van der Waals surface area contributed by atoms with Crippen molar-refractivity contribution in [3.8, 4) is 0 Å². The monoisotopic (exact) mass is 258 g/mol. The van der Waals surface area contributed by atoms with E-state index in [1.807, 2.05) is 0 Å². The summed E-state index contributed by atoms with van der Waals surface area (Å²) in [5, 5.41) is 9.67. The first kappa shape index (κ1) is 13.2. The molecule has 19 heavy (non-hydrogen) atoms. The molecule has 3 saturated carbocycles. The lowest BCUT2D eigenvalue weighted by atomic mass is 9.51. The molecule has 0 amide bonds. The fraction of sp³-hybridized carbons (Fsp3) is 0.667. The molecule has 0 aromatic heterocycles. The van der Waals surface area contributed by atoms with Crippen LogP contribution in [0.2, 0.25) is 0 Å². The Labute approximate surface area is 117 Å². The summed E-state index contributed by atoms with van der Waals surface area (Å²) in [4.78, 5) is 0. The minimum atomic E-state index is 0.272. The summed E-state index contributed by atoms with van der Waals surface area (Å²) >= 11 is 0. The van der Waals surface area contributed by atoms with Crippen LogP contribution in [0.5, 0.6) is 0 Å². The van der Waals surface area contributed by atoms with Crippen LogP contribution in [0.15, 0.2) is 12.1 Å². The molecule has 3 aliphatic carbocycles. The van der Waals surface area contributed by atoms with E-state index in [-0.39, 0.29) is 5.41 Å². The van der Waals surface area contributed by atoms with E-state index < -0.39 is 0 Å². The second-order valence-electron chi connectivity index (χ2n) is 7.21. The molecule has 104 valence electrons. The molecule has 2 bridgehead atoms. The summed E-state index contributed by atoms with van der Waals surface area (Å²) in [7, 11) is 0. The van der Waals surface area contributed by atoms with Crippen LogP contribution < -0.4 is 0 Å². The van der Waals surface area contributed by atoms with E-state index in [1.54, 1.807) is 5.56 Å². The fourth-order valence-electron chi connectivity index (χ4n) is 4.89. The van der Waals surface area contributed by atoms with Gasteiger partial charge in [-0.25, -0.2) is 0 Å². The maximum absolute atomic E-state index is 9.67. The van der Waals surface area contributed by atoms with Gasteiger partial charge in [-0.05, 0) is 86.8 Å². The number of hydrogen-bond acceptors (Lipinski definition) is 1. The predicted molar refractivity (Wildman–Crippen MR) is 79.6 cm³/mol. The number of aliphatic hydroxyl groups is 1. The Morgan fingerprint density at radius 1 is 0.895 bits per heavy atom. The number of hydrogen-bond donors (Lipinski definition) is 1. The summed E-state index contributed by atoms with van der Waals surface area (Å²) in [6.45, 7) is 7.16. The van der Waals surface area contributed by atoms with E-state index >= 15 is 0 Å². The van der Waals surface area contributed by atoms with Crippen LogP contribution in [0.4, 0.5) is 0 Å². The van der Waals surface area contributed by atoms with Crippen molar-refractivity contribution >= 4 is 0 Å². The van der Waals surface area contributed by atoms with E-state index in [4.69, 9.17) is 0 Å². The molecule has 0 radical (unpaired) electrons. The highest BCUT2D eigenvalue weighted by molar-refractivity contribution is 5.44. The maximum atomic E-state index is 9.67. The van der Waals surface area contributed by atoms with Crippen molar-refractivity contribution in [3.63, 3.8) is 0 Å². The lowest BCUT2D eigenvalue weighted by molar-refractivity contribution is -0.00727. The average Bonchev–Trinajstić information content (AvgIpc) is 2.39. The summed E-state index contributed by atoms with van der Waals surface area (Å²) in [6, 6.07) is 4.69. The first-order valence-corrected chi connectivity index (χ1v) is 7.70. The van der Waals surface area contributed by atoms with Crippen LogP contribution in [-0.2, 0) is 5.41 Å². The second-order valence-corrected chi connectivity index (χ2v) is 7.21. The number of fused-ring (bicyclic) bond motifs is 3. The van der Waals surface area contributed by atoms with Crippen molar-refractivity contribution in [2.75, 3.05) is 6.61 Å². The Morgan fingerprint density at radius 2 is 1.37 bits per heavy atom. The van der Waals surface area contributed by atoms with Gasteiger partial charge in [0.05, 0.1) is 0 Å². The van der Waals surface area contributed by atoms with E-state index in [0.717, 1.165) is 0 Å². The largest absolute Gasteiger partial charge is 0.396 e. The molecule has 0 aliphatic heterocycles. The summed E-state index contributed by atoms with van der Waals surface area (Å²) in [5.74, 6) is 0. The van der Waals surface area contributed by atoms with Gasteiger partial charge in [0.25, 0.3) is 0 Å². The van der Waals surface area contributed by atoms with Gasteiger partial charge in [-0.1, -0.05) is 17.7 Å². The minimum absolute atomic E-state index is 0.272. The third-order valence-corrected chi connectivity index (χ3v) is 5.94. The van der Waals surface area contributed by atoms with E-state index in [1.165, 1.54) is 55.2 Å². The molecule has 0 saturated heterocycles. The van der Waals surface area contributed by atoms with Crippen LogP contribution in [-0.4, -0.2) is 11.7 Å². The average molecular weight is 258 g/mol. The Bertz CT molecular complexity index is 453. The number of benzene rings is 1. The molecule has 1 nitrogen and oxygen atoms in total. The van der Waals surface area contributed by atoms with Gasteiger partial charge in [-0.3, -0.25) is 0 Å². The van der Waals surface area contributed by atoms with Gasteiger partial charge in [0.2, 0.25) is 0 Å². The SMILES string of the molecule is Cc1cc(C)c(C23CCC(CO)(CC2)CC3)c(C)c1. The smallest absolute Gasteiger partial charge is 0.0487 e. The molecular weight excluding hydrogens is 232 g/mol. The molecule has 1 aromatic rings. The highest BCUT2D eigenvalue weighted by atomic mass is 16.3. The van der Waals surface area contributed by atoms with Crippen LogP contribution in [0.25, 0.3) is 0 Å². The Kier molecular flexibility index (Phi) is 3.01. The zero-order valence-corrected chi connectivity index (χ0v) is 12.6. The third kappa shape index (κ3) is 1.94. The third-order valence-electron chi connectivity index (χ3n) is 5.94. The zero-order valence-electron chi connectivity index (χ0n) is 12.6. The van der Waals surface area contributed by atoms with Crippen molar-refractivity contribution in [2.24, 2.45) is 5.41 Å². The van der Waals surface area contributed by atoms with Crippen molar-refractivity contribution in [1.82, 2.24) is 0 Å². The van der Waals surface area contributed by atoms with Crippen LogP contribution >= 0.6 is 0 Å². The van der Waals surface area contributed by atoms with E-state index in [2.05, 4.69) is 32.9 Å². The van der Waals surface area contributed by atoms with Crippen LogP contribution in [0.1, 0.15) is 60.8 Å². The molecule has 3 fully saturated rings. The quantitative estimate of drug-likeness (QED) is 0.843. The molecule has 3 aliphatic rings. The zero-order chi connectivity index (χ0) is 13.7. The standard InChI is InChI=1S/C18H26O/c1-13-10-14(2)16(15(3)11-13)18-7-4-17(12-19,5-8-18)6-9-18/h10-11,19H,4-9,12H2,1-3H3. The molecule has 1 heteroatoms. The Hall–Kier alpha value is -0.820. The van der Waals surface area contributed by atoms with Crippen LogP contribution in [0, 0.1) is 26.2 Å².